The summed E-state index contributed by atoms with van der Waals surface area (Å²) in [7, 11) is -10.7. The lowest BCUT2D eigenvalue weighted by Crippen LogP contribution is -2.37. The van der Waals surface area contributed by atoms with Crippen LogP contribution < -0.4 is 5.73 Å². The number of phosphoric ester groups is 2. The van der Waals surface area contributed by atoms with Gasteiger partial charge in [0.1, 0.15) is 42.4 Å². The standard InChI is InChI=1S/C19H27N5O15P2/c1-2-3-10(25)38-15-13(27)9(37-19(15)29)5-35-41(32,33)39-40(30,31)34-4-8-12(26)14(28)18(36-8)24-7-23-11-16(20)21-6-22-17(11)24/h2-3,6-9,12-15,18-19,26-29H,4-5H2,1H3,(H,30,31)(H,32,33)(H2,20,21,22)/b3-2+/t8-,9-,12-,13-,14-,15-,18-,19?/m1/s1. The van der Waals surface area contributed by atoms with E-state index >= 15 is 0 Å². The highest BCUT2D eigenvalue weighted by Crippen LogP contribution is 2.60. The summed E-state index contributed by atoms with van der Waals surface area (Å²) >= 11 is 0. The Kier molecular flexibility index (Phi) is 9.56. The molecule has 2 saturated heterocycles. The Labute approximate surface area is 230 Å². The van der Waals surface area contributed by atoms with Gasteiger partial charge in [-0.2, -0.15) is 4.31 Å². The number of nitrogen functional groups attached to an aromatic ring is 1. The average Bonchev–Trinajstić information content (AvgIpc) is 3.52. The molecule has 2 aliphatic rings. The molecule has 0 radical (unpaired) electrons. The molecule has 0 amide bonds. The molecule has 3 unspecified atom stereocenters. The largest absolute Gasteiger partial charge is 0.481 e. The van der Waals surface area contributed by atoms with Crippen LogP contribution in [0.3, 0.4) is 0 Å². The van der Waals surface area contributed by atoms with E-state index in [9.17, 15) is 44.1 Å². The molecule has 20 nitrogen and oxygen atoms in total. The van der Waals surface area contributed by atoms with Gasteiger partial charge in [-0.25, -0.2) is 28.9 Å². The highest BCUT2D eigenvalue weighted by molar-refractivity contribution is 7.61. The molecule has 10 atom stereocenters. The lowest BCUT2D eigenvalue weighted by molar-refractivity contribution is -0.168. The molecule has 41 heavy (non-hydrogen) atoms. The Bertz CT molecular complexity index is 1380. The van der Waals surface area contributed by atoms with Gasteiger partial charge < -0.3 is 50.2 Å². The lowest BCUT2D eigenvalue weighted by atomic mass is 10.1. The van der Waals surface area contributed by atoms with E-state index < -0.39 is 84.0 Å². The van der Waals surface area contributed by atoms with Crippen LogP contribution in [0, 0.1) is 0 Å². The first-order valence-corrected chi connectivity index (χ1v) is 14.7. The molecule has 4 rings (SSSR count). The number of hydrogen-bond acceptors (Lipinski definition) is 17. The normalized spacial score (nSPS) is 33.2. The molecule has 0 spiro atoms. The van der Waals surface area contributed by atoms with Gasteiger partial charge in [0, 0.05) is 6.08 Å². The molecule has 2 aromatic heterocycles. The summed E-state index contributed by atoms with van der Waals surface area (Å²) in [5, 5.41) is 40.9. The van der Waals surface area contributed by atoms with Gasteiger partial charge in [0.15, 0.2) is 30.1 Å². The zero-order valence-corrected chi connectivity index (χ0v) is 22.7. The molecule has 0 aromatic carbocycles. The number of anilines is 1. The Morgan fingerprint density at radius 3 is 2.29 bits per heavy atom. The number of nitrogens with two attached hydrogens (primary N) is 1. The van der Waals surface area contributed by atoms with Crippen LogP contribution in [0.5, 0.6) is 0 Å². The summed E-state index contributed by atoms with van der Waals surface area (Å²) in [5.74, 6) is -0.851. The second-order valence-corrected chi connectivity index (χ2v) is 11.7. The van der Waals surface area contributed by atoms with Crippen molar-refractivity contribution in [2.45, 2.75) is 56.1 Å². The Hall–Kier alpha value is -2.42. The molecule has 0 aliphatic carbocycles. The molecule has 0 saturated carbocycles. The zero-order chi connectivity index (χ0) is 30.1. The van der Waals surface area contributed by atoms with Crippen molar-refractivity contribution >= 4 is 38.6 Å². The van der Waals surface area contributed by atoms with E-state index in [1.807, 2.05) is 0 Å². The number of fused-ring (bicyclic) bond motifs is 1. The van der Waals surface area contributed by atoms with Crippen molar-refractivity contribution in [2.24, 2.45) is 0 Å². The number of esters is 1. The van der Waals surface area contributed by atoms with Crippen LogP contribution in [0.4, 0.5) is 5.82 Å². The number of allylic oxidation sites excluding steroid dienone is 1. The monoisotopic (exact) mass is 627 g/mol. The van der Waals surface area contributed by atoms with Crippen LogP contribution >= 0.6 is 15.6 Å². The van der Waals surface area contributed by atoms with Crippen molar-refractivity contribution in [3.63, 3.8) is 0 Å². The molecule has 2 fully saturated rings. The van der Waals surface area contributed by atoms with Crippen LogP contribution in [0.2, 0.25) is 0 Å². The van der Waals surface area contributed by atoms with Crippen LogP contribution in [0.15, 0.2) is 24.8 Å². The number of carbonyl (C=O) groups is 1. The summed E-state index contributed by atoms with van der Waals surface area (Å²) in [6, 6.07) is 0. The number of hydrogen-bond donors (Lipinski definition) is 7. The smallest absolute Gasteiger partial charge is 0.451 e. The number of aliphatic hydroxyl groups is 4. The van der Waals surface area contributed by atoms with Crippen molar-refractivity contribution < 1.29 is 71.7 Å². The zero-order valence-electron chi connectivity index (χ0n) is 21.0. The van der Waals surface area contributed by atoms with Gasteiger partial charge in [0.2, 0.25) is 0 Å². The summed E-state index contributed by atoms with van der Waals surface area (Å²) in [6.07, 6.45) is -7.79. The number of phosphoric acid groups is 2. The van der Waals surface area contributed by atoms with Gasteiger partial charge in [-0.15, -0.1) is 0 Å². The topological polar surface area (TPSA) is 298 Å². The van der Waals surface area contributed by atoms with Crippen molar-refractivity contribution in [1.29, 1.82) is 0 Å². The molecule has 0 bridgehead atoms. The fourth-order valence-electron chi connectivity index (χ4n) is 3.96. The van der Waals surface area contributed by atoms with Crippen molar-refractivity contribution in [3.05, 3.63) is 24.8 Å². The Balaban J connectivity index is 1.31. The van der Waals surface area contributed by atoms with E-state index in [2.05, 4.69) is 28.3 Å². The maximum atomic E-state index is 12.3. The summed E-state index contributed by atoms with van der Waals surface area (Å²) in [6.45, 7) is -0.325. The number of aliphatic hydroxyl groups excluding tert-OH is 4. The van der Waals surface area contributed by atoms with Crippen molar-refractivity contribution in [2.75, 3.05) is 18.9 Å². The van der Waals surface area contributed by atoms with E-state index in [-0.39, 0.29) is 17.0 Å². The molecular formula is C19H27N5O15P2. The summed E-state index contributed by atoms with van der Waals surface area (Å²) in [4.78, 5) is 43.2. The molecule has 22 heteroatoms. The van der Waals surface area contributed by atoms with E-state index in [1.54, 1.807) is 0 Å². The van der Waals surface area contributed by atoms with E-state index in [0.29, 0.717) is 0 Å². The van der Waals surface area contributed by atoms with Gasteiger partial charge in [-0.05, 0) is 6.92 Å². The van der Waals surface area contributed by atoms with Gasteiger partial charge in [0.05, 0.1) is 19.5 Å². The maximum absolute atomic E-state index is 12.3. The van der Waals surface area contributed by atoms with Gasteiger partial charge in [-0.3, -0.25) is 13.6 Å². The number of ether oxygens (including phenoxy) is 3. The summed E-state index contributed by atoms with van der Waals surface area (Å²) in [5.41, 5.74) is 6.09. The highest BCUT2D eigenvalue weighted by Gasteiger charge is 2.48. The van der Waals surface area contributed by atoms with Crippen LogP contribution in [0.1, 0.15) is 13.2 Å². The third-order valence-corrected chi connectivity index (χ3v) is 8.48. The first kappa shape index (κ1) is 31.5. The summed E-state index contributed by atoms with van der Waals surface area (Å²) < 4.78 is 54.5. The molecule has 2 aromatic rings. The van der Waals surface area contributed by atoms with Crippen molar-refractivity contribution in [1.82, 2.24) is 19.5 Å². The van der Waals surface area contributed by atoms with E-state index in [1.165, 1.54) is 23.9 Å². The third kappa shape index (κ3) is 7.15. The van der Waals surface area contributed by atoms with Crippen LogP contribution in [-0.4, -0.2) is 112 Å². The lowest BCUT2D eigenvalue weighted by Gasteiger charge is -2.20. The minimum atomic E-state index is -5.36. The highest BCUT2D eigenvalue weighted by atomic mass is 31.3. The number of carbonyl (C=O) groups excluding carboxylic acids is 1. The fraction of sp³-hybridized carbons (Fsp3) is 0.579. The van der Waals surface area contributed by atoms with E-state index in [4.69, 9.17) is 19.9 Å². The third-order valence-electron chi connectivity index (χ3n) is 5.88. The first-order valence-electron chi connectivity index (χ1n) is 11.7. The second kappa shape index (κ2) is 12.4. The van der Waals surface area contributed by atoms with Crippen LogP contribution in [0.25, 0.3) is 11.2 Å². The minimum absolute atomic E-state index is 0.0496. The number of rotatable bonds is 11. The minimum Gasteiger partial charge on any atom is -0.451 e. The van der Waals surface area contributed by atoms with Gasteiger partial charge in [0.25, 0.3) is 0 Å². The fourth-order valence-corrected chi connectivity index (χ4v) is 6.05. The predicted molar refractivity (Wildman–Crippen MR) is 130 cm³/mol. The molecule has 2 aliphatic heterocycles. The molecule has 228 valence electrons. The maximum Gasteiger partial charge on any atom is 0.481 e. The number of nitrogens with zero attached hydrogens (tertiary/aromatic N) is 4. The molecule has 8 N–H and O–H groups in total. The average molecular weight is 627 g/mol. The Morgan fingerprint density at radius 1 is 1.02 bits per heavy atom. The first-order chi connectivity index (χ1) is 19.2. The van der Waals surface area contributed by atoms with Crippen LogP contribution in [-0.2, 0) is 41.5 Å². The number of aromatic nitrogens is 4. The quantitative estimate of drug-likeness (QED) is 0.0793. The van der Waals surface area contributed by atoms with Gasteiger partial charge in [-0.1, -0.05) is 6.08 Å². The molecular weight excluding hydrogens is 600 g/mol. The number of imidazole rings is 1. The predicted octanol–water partition coefficient (Wildman–Crippen LogP) is -2.16. The van der Waals surface area contributed by atoms with Gasteiger partial charge >= 0.3 is 21.6 Å². The van der Waals surface area contributed by atoms with Crippen molar-refractivity contribution in [3.8, 4) is 0 Å². The molecule has 4 heterocycles. The SMILES string of the molecule is C/C=C/C(=O)O[C@H]1C(O)O[C@H](COP(=O)(O)OP(=O)(O)OC[C@H]2O[C@@H](n3cnc4c(N)ncnc43)[C@H](O)[C@@H]2O)[C@H]1O. The Morgan fingerprint density at radius 2 is 1.66 bits per heavy atom. The van der Waals surface area contributed by atoms with E-state index in [0.717, 1.165) is 12.4 Å². The second-order valence-electron chi connectivity index (χ2n) is 8.70.